The van der Waals surface area contributed by atoms with Crippen molar-refractivity contribution >= 4 is 11.8 Å². The van der Waals surface area contributed by atoms with Crippen LogP contribution in [0, 0.1) is 6.92 Å². The third kappa shape index (κ3) is 4.49. The molecule has 0 saturated carbocycles. The molecular weight excluding hydrogens is 332 g/mol. The van der Waals surface area contributed by atoms with E-state index < -0.39 is 5.97 Å². The minimum atomic E-state index is -0.977. The van der Waals surface area contributed by atoms with E-state index in [0.29, 0.717) is 5.75 Å². The van der Waals surface area contributed by atoms with E-state index in [0.717, 1.165) is 43.3 Å². The summed E-state index contributed by atoms with van der Waals surface area (Å²) < 4.78 is 5.18. The second-order valence-corrected chi connectivity index (χ2v) is 6.43. The fourth-order valence-corrected chi connectivity index (χ4v) is 3.31. The number of aliphatic carboxylic acids is 1. The van der Waals surface area contributed by atoms with E-state index in [1.165, 1.54) is 5.56 Å². The number of aryl methyl sites for hydroxylation is 1. The number of aromatic nitrogens is 2. The molecule has 7 nitrogen and oxygen atoms in total. The number of carbonyl (C=O) groups is 1. The van der Waals surface area contributed by atoms with Crippen molar-refractivity contribution in [2.24, 2.45) is 0 Å². The number of nitrogens with zero attached hydrogens (tertiary/aromatic N) is 3. The van der Waals surface area contributed by atoms with E-state index in [2.05, 4.69) is 20.2 Å². The van der Waals surface area contributed by atoms with E-state index in [1.807, 2.05) is 44.3 Å². The van der Waals surface area contributed by atoms with Crippen LogP contribution in [0.5, 0.6) is 5.75 Å². The Bertz CT molecular complexity index is 764. The summed E-state index contributed by atoms with van der Waals surface area (Å²) in [5.74, 6) is 1.21. The third-order valence-corrected chi connectivity index (χ3v) is 4.49. The van der Waals surface area contributed by atoms with E-state index >= 15 is 0 Å². The zero-order valence-corrected chi connectivity index (χ0v) is 15.1. The number of anilines is 1. The van der Waals surface area contributed by atoms with Gasteiger partial charge in [0.2, 0.25) is 0 Å². The van der Waals surface area contributed by atoms with Crippen molar-refractivity contribution in [3.05, 3.63) is 47.4 Å². The Morgan fingerprint density at radius 2 is 2.12 bits per heavy atom. The first-order valence-electron chi connectivity index (χ1n) is 8.76. The summed E-state index contributed by atoms with van der Waals surface area (Å²) in [4.78, 5) is 22.0. The molecule has 1 aromatic heterocycles. The molecule has 7 heteroatoms. The average Bonchev–Trinajstić information content (AvgIpc) is 3.08. The third-order valence-electron chi connectivity index (χ3n) is 4.49. The number of hydrogen-bond acceptors (Lipinski definition) is 6. The molecule has 26 heavy (non-hydrogen) atoms. The second kappa shape index (κ2) is 8.14. The molecule has 2 N–H and O–H groups in total. The number of benzene rings is 1. The Labute approximate surface area is 153 Å². The van der Waals surface area contributed by atoms with Gasteiger partial charge < -0.3 is 15.2 Å². The van der Waals surface area contributed by atoms with Crippen molar-refractivity contribution in [1.82, 2.24) is 14.9 Å². The molecule has 2 heterocycles. The maximum absolute atomic E-state index is 10.6. The Kier molecular flexibility index (Phi) is 5.68. The van der Waals surface area contributed by atoms with Crippen LogP contribution in [0.2, 0.25) is 0 Å². The standard InChI is InChI=1S/C19H24N4O3/c1-13-21-16(10-18(20-2)22-13)17-4-3-9-23(17)11-14-5-7-15(8-6-14)26-12-19(24)25/h5-8,10,17H,3-4,9,11-12H2,1-2H3,(H,24,25)(H,20,21,22). The van der Waals surface area contributed by atoms with Crippen LogP contribution in [0.1, 0.15) is 36.0 Å². The molecule has 3 rings (SSSR count). The summed E-state index contributed by atoms with van der Waals surface area (Å²) in [6.07, 6.45) is 2.22. The Morgan fingerprint density at radius 1 is 1.35 bits per heavy atom. The highest BCUT2D eigenvalue weighted by atomic mass is 16.5. The highest BCUT2D eigenvalue weighted by molar-refractivity contribution is 5.68. The highest BCUT2D eigenvalue weighted by Crippen LogP contribution is 2.33. The fourth-order valence-electron chi connectivity index (χ4n) is 3.31. The van der Waals surface area contributed by atoms with Crippen LogP contribution in [-0.4, -0.2) is 46.1 Å². The van der Waals surface area contributed by atoms with Crippen molar-refractivity contribution in [2.75, 3.05) is 25.5 Å². The summed E-state index contributed by atoms with van der Waals surface area (Å²) in [5.41, 5.74) is 2.22. The van der Waals surface area contributed by atoms with Gasteiger partial charge in [-0.15, -0.1) is 0 Å². The molecule has 1 fully saturated rings. The van der Waals surface area contributed by atoms with Crippen LogP contribution in [0.4, 0.5) is 5.82 Å². The van der Waals surface area contributed by atoms with Crippen LogP contribution in [0.3, 0.4) is 0 Å². The zero-order valence-electron chi connectivity index (χ0n) is 15.1. The molecule has 0 spiro atoms. The van der Waals surface area contributed by atoms with Gasteiger partial charge in [-0.05, 0) is 44.0 Å². The van der Waals surface area contributed by atoms with Crippen molar-refractivity contribution < 1.29 is 14.6 Å². The Balaban J connectivity index is 1.69. The first-order chi connectivity index (χ1) is 12.5. The van der Waals surface area contributed by atoms with Gasteiger partial charge in [-0.2, -0.15) is 0 Å². The van der Waals surface area contributed by atoms with Crippen LogP contribution in [0.25, 0.3) is 0 Å². The van der Waals surface area contributed by atoms with Gasteiger partial charge in [0, 0.05) is 19.7 Å². The molecule has 1 atom stereocenters. The molecule has 1 unspecified atom stereocenters. The van der Waals surface area contributed by atoms with E-state index in [9.17, 15) is 4.79 Å². The normalized spacial score (nSPS) is 17.2. The number of nitrogens with one attached hydrogen (secondary N) is 1. The number of hydrogen-bond donors (Lipinski definition) is 2. The SMILES string of the molecule is CNc1cc(C2CCCN2Cc2ccc(OCC(=O)O)cc2)nc(C)n1. The largest absolute Gasteiger partial charge is 0.482 e. The molecule has 1 aliphatic rings. The molecule has 0 bridgehead atoms. The summed E-state index contributed by atoms with van der Waals surface area (Å²) in [6, 6.07) is 9.91. The smallest absolute Gasteiger partial charge is 0.341 e. The van der Waals surface area contributed by atoms with Gasteiger partial charge in [0.25, 0.3) is 0 Å². The lowest BCUT2D eigenvalue weighted by Crippen LogP contribution is -2.24. The number of rotatable bonds is 7. The lowest BCUT2D eigenvalue weighted by molar-refractivity contribution is -0.139. The summed E-state index contributed by atoms with van der Waals surface area (Å²) in [7, 11) is 1.87. The molecule has 1 saturated heterocycles. The van der Waals surface area contributed by atoms with Crippen molar-refractivity contribution in [2.45, 2.75) is 32.4 Å². The van der Waals surface area contributed by atoms with Gasteiger partial charge in [0.1, 0.15) is 17.4 Å². The van der Waals surface area contributed by atoms with Gasteiger partial charge in [0.15, 0.2) is 6.61 Å². The van der Waals surface area contributed by atoms with Crippen LogP contribution < -0.4 is 10.1 Å². The van der Waals surface area contributed by atoms with Gasteiger partial charge >= 0.3 is 5.97 Å². The van der Waals surface area contributed by atoms with Crippen LogP contribution in [-0.2, 0) is 11.3 Å². The quantitative estimate of drug-likeness (QED) is 0.788. The Morgan fingerprint density at radius 3 is 2.81 bits per heavy atom. The molecule has 138 valence electrons. The first kappa shape index (κ1) is 18.1. The first-order valence-corrected chi connectivity index (χ1v) is 8.76. The molecule has 0 amide bonds. The van der Waals surface area contributed by atoms with Crippen LogP contribution in [0.15, 0.2) is 30.3 Å². The Hall–Kier alpha value is -2.67. The zero-order chi connectivity index (χ0) is 18.5. The topological polar surface area (TPSA) is 87.6 Å². The van der Waals surface area contributed by atoms with Crippen molar-refractivity contribution in [3.8, 4) is 5.75 Å². The number of likely N-dealkylation sites (tertiary alicyclic amines) is 1. The van der Waals surface area contributed by atoms with Gasteiger partial charge in [-0.3, -0.25) is 4.90 Å². The van der Waals surface area contributed by atoms with E-state index in [4.69, 9.17) is 9.84 Å². The summed E-state index contributed by atoms with van der Waals surface area (Å²) in [5, 5.41) is 11.8. The number of carboxylic acids is 1. The predicted molar refractivity (Wildman–Crippen MR) is 98.3 cm³/mol. The summed E-state index contributed by atoms with van der Waals surface area (Å²) >= 11 is 0. The maximum atomic E-state index is 10.6. The van der Waals surface area contributed by atoms with Gasteiger partial charge in [-0.25, -0.2) is 14.8 Å². The number of carboxylic acid groups (broad SMARTS) is 1. The van der Waals surface area contributed by atoms with Crippen LogP contribution >= 0.6 is 0 Å². The minimum absolute atomic E-state index is 0.284. The highest BCUT2D eigenvalue weighted by Gasteiger charge is 2.27. The lowest BCUT2D eigenvalue weighted by Gasteiger charge is -2.24. The van der Waals surface area contributed by atoms with Crippen molar-refractivity contribution in [1.29, 1.82) is 0 Å². The van der Waals surface area contributed by atoms with E-state index in [1.54, 1.807) is 0 Å². The lowest BCUT2D eigenvalue weighted by atomic mass is 10.1. The number of ether oxygens (including phenoxy) is 1. The predicted octanol–water partition coefficient (Wildman–Crippen LogP) is 2.63. The monoisotopic (exact) mass is 356 g/mol. The molecule has 1 aliphatic heterocycles. The minimum Gasteiger partial charge on any atom is -0.482 e. The van der Waals surface area contributed by atoms with Gasteiger partial charge in [0.05, 0.1) is 11.7 Å². The molecular formula is C19H24N4O3. The maximum Gasteiger partial charge on any atom is 0.341 e. The fraction of sp³-hybridized carbons (Fsp3) is 0.421. The average molecular weight is 356 g/mol. The van der Waals surface area contributed by atoms with Crippen molar-refractivity contribution in [3.63, 3.8) is 0 Å². The molecule has 0 aliphatic carbocycles. The molecule has 0 radical (unpaired) electrons. The van der Waals surface area contributed by atoms with Gasteiger partial charge in [-0.1, -0.05) is 12.1 Å². The second-order valence-electron chi connectivity index (χ2n) is 6.43. The molecule has 1 aromatic carbocycles. The summed E-state index contributed by atoms with van der Waals surface area (Å²) in [6.45, 7) is 3.44. The molecule has 2 aromatic rings. The van der Waals surface area contributed by atoms with E-state index in [-0.39, 0.29) is 12.6 Å².